The Morgan fingerprint density at radius 1 is 1.45 bits per heavy atom. The maximum absolute atomic E-state index is 5.40. The van der Waals surface area contributed by atoms with Crippen molar-refractivity contribution in [1.82, 2.24) is 0 Å². The SMILES string of the molecule is C#CC(CC)CC1CC1CC. The Balaban J connectivity index is 2.17. The summed E-state index contributed by atoms with van der Waals surface area (Å²) in [6.07, 6.45) is 10.6. The van der Waals surface area contributed by atoms with E-state index in [2.05, 4.69) is 19.8 Å². The Labute approximate surface area is 70.4 Å². The van der Waals surface area contributed by atoms with Gasteiger partial charge in [0.2, 0.25) is 0 Å². The quantitative estimate of drug-likeness (QED) is 0.540. The van der Waals surface area contributed by atoms with Crippen molar-refractivity contribution in [3.8, 4) is 12.3 Å². The van der Waals surface area contributed by atoms with Crippen LogP contribution >= 0.6 is 0 Å². The van der Waals surface area contributed by atoms with Gasteiger partial charge in [0.05, 0.1) is 0 Å². The minimum absolute atomic E-state index is 0.552. The molecule has 0 bridgehead atoms. The van der Waals surface area contributed by atoms with E-state index in [-0.39, 0.29) is 0 Å². The normalized spacial score (nSPS) is 31.0. The maximum Gasteiger partial charge on any atom is 0.0200 e. The molecule has 0 nitrogen and oxygen atoms in total. The summed E-state index contributed by atoms with van der Waals surface area (Å²) in [5, 5.41) is 0. The minimum Gasteiger partial charge on any atom is -0.120 e. The van der Waals surface area contributed by atoms with Crippen molar-refractivity contribution >= 4 is 0 Å². The molecule has 1 saturated carbocycles. The number of hydrogen-bond acceptors (Lipinski definition) is 0. The van der Waals surface area contributed by atoms with E-state index in [1.165, 1.54) is 19.3 Å². The molecule has 0 saturated heterocycles. The summed E-state index contributed by atoms with van der Waals surface area (Å²) in [6.45, 7) is 4.47. The van der Waals surface area contributed by atoms with Crippen molar-refractivity contribution in [2.75, 3.05) is 0 Å². The molecule has 1 aliphatic carbocycles. The van der Waals surface area contributed by atoms with Gasteiger partial charge in [-0.25, -0.2) is 0 Å². The summed E-state index contributed by atoms with van der Waals surface area (Å²) < 4.78 is 0. The van der Waals surface area contributed by atoms with Crippen LogP contribution in [0.25, 0.3) is 0 Å². The first-order chi connectivity index (χ1) is 5.31. The van der Waals surface area contributed by atoms with E-state index in [0.29, 0.717) is 5.92 Å². The molecule has 0 aromatic rings. The molecule has 0 heteroatoms. The van der Waals surface area contributed by atoms with Gasteiger partial charge in [-0.1, -0.05) is 20.3 Å². The summed E-state index contributed by atoms with van der Waals surface area (Å²) in [6, 6.07) is 0. The molecule has 0 aromatic carbocycles. The topological polar surface area (TPSA) is 0 Å². The second-order valence-electron chi connectivity index (χ2n) is 3.67. The molecule has 0 N–H and O–H groups in total. The lowest BCUT2D eigenvalue weighted by Crippen LogP contribution is -1.96. The van der Waals surface area contributed by atoms with Gasteiger partial charge in [0, 0.05) is 5.92 Å². The predicted molar refractivity (Wildman–Crippen MR) is 49.1 cm³/mol. The standard InChI is InChI=1S/C11H18/c1-4-9(5-2)7-11-8-10(11)6-3/h1,9-11H,5-8H2,2-3H3. The number of rotatable bonds is 4. The van der Waals surface area contributed by atoms with Crippen LogP contribution in [0.1, 0.15) is 39.5 Å². The van der Waals surface area contributed by atoms with Crippen molar-refractivity contribution in [3.63, 3.8) is 0 Å². The lowest BCUT2D eigenvalue weighted by Gasteiger charge is -2.05. The number of hydrogen-bond donors (Lipinski definition) is 0. The van der Waals surface area contributed by atoms with E-state index in [0.717, 1.165) is 18.3 Å². The summed E-state index contributed by atoms with van der Waals surface area (Å²) >= 11 is 0. The molecule has 0 spiro atoms. The van der Waals surface area contributed by atoms with Gasteiger partial charge < -0.3 is 0 Å². The van der Waals surface area contributed by atoms with Crippen molar-refractivity contribution in [3.05, 3.63) is 0 Å². The van der Waals surface area contributed by atoms with Crippen molar-refractivity contribution in [2.45, 2.75) is 39.5 Å². The molecular formula is C11H18. The van der Waals surface area contributed by atoms with Crippen LogP contribution in [0.2, 0.25) is 0 Å². The molecule has 3 atom stereocenters. The van der Waals surface area contributed by atoms with Crippen molar-refractivity contribution in [2.24, 2.45) is 17.8 Å². The van der Waals surface area contributed by atoms with Gasteiger partial charge in [-0.2, -0.15) is 0 Å². The first-order valence-corrected chi connectivity index (χ1v) is 4.77. The minimum atomic E-state index is 0.552. The van der Waals surface area contributed by atoms with Gasteiger partial charge in [0.15, 0.2) is 0 Å². The van der Waals surface area contributed by atoms with E-state index in [1.54, 1.807) is 0 Å². The van der Waals surface area contributed by atoms with Crippen LogP contribution in [0.5, 0.6) is 0 Å². The van der Waals surface area contributed by atoms with Gasteiger partial charge >= 0.3 is 0 Å². The highest BCUT2D eigenvalue weighted by Crippen LogP contribution is 2.45. The van der Waals surface area contributed by atoms with E-state index in [1.807, 2.05) is 0 Å². The van der Waals surface area contributed by atoms with Gasteiger partial charge in [-0.15, -0.1) is 12.3 Å². The molecule has 0 aliphatic heterocycles. The lowest BCUT2D eigenvalue weighted by molar-refractivity contribution is 0.516. The molecule has 1 rings (SSSR count). The largest absolute Gasteiger partial charge is 0.120 e. The Bertz CT molecular complexity index is 152. The Morgan fingerprint density at radius 2 is 2.18 bits per heavy atom. The third-order valence-electron chi connectivity index (χ3n) is 2.91. The molecule has 11 heavy (non-hydrogen) atoms. The highest BCUT2D eigenvalue weighted by atomic mass is 14.4. The second kappa shape index (κ2) is 3.81. The molecule has 1 fully saturated rings. The van der Waals surface area contributed by atoms with Crippen LogP contribution in [0.15, 0.2) is 0 Å². The molecule has 0 aromatic heterocycles. The van der Waals surface area contributed by atoms with Gasteiger partial charge in [0.25, 0.3) is 0 Å². The smallest absolute Gasteiger partial charge is 0.0200 e. The van der Waals surface area contributed by atoms with Crippen LogP contribution < -0.4 is 0 Å². The molecule has 62 valence electrons. The highest BCUT2D eigenvalue weighted by Gasteiger charge is 2.35. The summed E-state index contributed by atoms with van der Waals surface area (Å²) in [5.41, 5.74) is 0. The fraction of sp³-hybridized carbons (Fsp3) is 0.818. The average molecular weight is 150 g/mol. The van der Waals surface area contributed by atoms with Gasteiger partial charge in [-0.05, 0) is 31.1 Å². The fourth-order valence-corrected chi connectivity index (χ4v) is 1.82. The molecule has 0 amide bonds. The Hall–Kier alpha value is -0.440. The summed E-state index contributed by atoms with van der Waals surface area (Å²) in [4.78, 5) is 0. The van der Waals surface area contributed by atoms with E-state index < -0.39 is 0 Å². The van der Waals surface area contributed by atoms with Crippen LogP contribution in [0, 0.1) is 30.1 Å². The first kappa shape index (κ1) is 8.65. The van der Waals surface area contributed by atoms with Crippen LogP contribution in [-0.2, 0) is 0 Å². The van der Waals surface area contributed by atoms with Crippen molar-refractivity contribution in [1.29, 1.82) is 0 Å². The lowest BCUT2D eigenvalue weighted by atomic mass is 9.99. The average Bonchev–Trinajstić information content (AvgIpc) is 2.78. The molecule has 1 aliphatic rings. The Kier molecular flexibility index (Phi) is 3.00. The molecular weight excluding hydrogens is 132 g/mol. The fourth-order valence-electron chi connectivity index (χ4n) is 1.82. The van der Waals surface area contributed by atoms with E-state index in [4.69, 9.17) is 6.42 Å². The summed E-state index contributed by atoms with van der Waals surface area (Å²) in [5.74, 6) is 5.40. The predicted octanol–water partition coefficient (Wildman–Crippen LogP) is 3.08. The molecule has 3 unspecified atom stereocenters. The molecule has 0 heterocycles. The van der Waals surface area contributed by atoms with E-state index in [9.17, 15) is 0 Å². The Morgan fingerprint density at radius 3 is 2.55 bits per heavy atom. The van der Waals surface area contributed by atoms with Gasteiger partial charge in [-0.3, -0.25) is 0 Å². The van der Waals surface area contributed by atoms with Gasteiger partial charge in [0.1, 0.15) is 0 Å². The number of terminal acetylenes is 1. The van der Waals surface area contributed by atoms with Crippen molar-refractivity contribution < 1.29 is 0 Å². The highest BCUT2D eigenvalue weighted by molar-refractivity contribution is 4.97. The van der Waals surface area contributed by atoms with Crippen LogP contribution in [0.4, 0.5) is 0 Å². The third kappa shape index (κ3) is 2.26. The first-order valence-electron chi connectivity index (χ1n) is 4.77. The van der Waals surface area contributed by atoms with Crippen LogP contribution in [0.3, 0.4) is 0 Å². The van der Waals surface area contributed by atoms with E-state index >= 15 is 0 Å². The monoisotopic (exact) mass is 150 g/mol. The summed E-state index contributed by atoms with van der Waals surface area (Å²) in [7, 11) is 0. The zero-order chi connectivity index (χ0) is 8.27. The second-order valence-corrected chi connectivity index (χ2v) is 3.67. The maximum atomic E-state index is 5.40. The third-order valence-corrected chi connectivity index (χ3v) is 2.91. The zero-order valence-electron chi connectivity index (χ0n) is 7.64. The zero-order valence-corrected chi connectivity index (χ0v) is 7.64. The molecule has 0 radical (unpaired) electrons. The van der Waals surface area contributed by atoms with Crippen LogP contribution in [-0.4, -0.2) is 0 Å².